The summed E-state index contributed by atoms with van der Waals surface area (Å²) >= 11 is 0. The average Bonchev–Trinajstić information content (AvgIpc) is 2.32. The van der Waals surface area contributed by atoms with Crippen LogP contribution in [0, 0.1) is 0 Å². The molecular weight excluding hydrogens is 189 g/mol. The van der Waals surface area contributed by atoms with Crippen LogP contribution >= 0.6 is 0 Å². The monoisotopic (exact) mass is 196 g/mol. The largest absolute Gasteiger partial charge is 0.451 e. The minimum absolute atomic E-state index is 0.861. The molecule has 1 aromatic heterocycles. The summed E-state index contributed by atoms with van der Waals surface area (Å²) < 4.78 is 37.0. The molecule has 0 atom stereocenters. The van der Waals surface area contributed by atoms with E-state index in [0.717, 1.165) is 10.8 Å². The summed E-state index contributed by atoms with van der Waals surface area (Å²) in [4.78, 5) is 3.20. The van der Waals surface area contributed by atoms with Gasteiger partial charge in [-0.1, -0.05) is 0 Å². The van der Waals surface area contributed by atoms with Gasteiger partial charge in [0.25, 0.3) is 0 Å². The molecule has 74 valence electrons. The highest BCUT2D eigenvalue weighted by atomic mass is 19.4. The number of aliphatic hydroxyl groups is 2. The van der Waals surface area contributed by atoms with Crippen LogP contribution in [-0.4, -0.2) is 25.9 Å². The zero-order chi connectivity index (χ0) is 10.3. The molecule has 1 aromatic rings. The molecule has 0 aromatic carbocycles. The van der Waals surface area contributed by atoms with Crippen LogP contribution in [0.25, 0.3) is 0 Å². The van der Waals surface area contributed by atoms with Crippen LogP contribution < -0.4 is 0 Å². The van der Waals surface area contributed by atoms with Crippen molar-refractivity contribution in [3.8, 4) is 0 Å². The van der Waals surface area contributed by atoms with Crippen molar-refractivity contribution in [2.45, 2.75) is 12.0 Å². The summed E-state index contributed by atoms with van der Waals surface area (Å²) in [5, 5.41) is 17.5. The van der Waals surface area contributed by atoms with Gasteiger partial charge in [-0.2, -0.15) is 13.2 Å². The molecule has 13 heavy (non-hydrogen) atoms. The first-order valence-corrected chi connectivity index (χ1v) is 3.26. The summed E-state index contributed by atoms with van der Waals surface area (Å²) in [5.74, 6) is -4.76. The molecule has 4 nitrogen and oxygen atoms in total. The normalized spacial score (nSPS) is 13.4. The molecule has 0 fully saturated rings. The molecule has 0 radical (unpaired) electrons. The number of aromatic nitrogens is 2. The van der Waals surface area contributed by atoms with E-state index in [1.165, 1.54) is 13.2 Å². The molecule has 0 saturated heterocycles. The average molecular weight is 196 g/mol. The first-order chi connectivity index (χ1) is 5.77. The van der Waals surface area contributed by atoms with E-state index in [4.69, 9.17) is 10.2 Å². The molecule has 1 rings (SSSR count). The smallest absolute Gasteiger partial charge is 0.353 e. The highest BCUT2D eigenvalue weighted by Gasteiger charge is 2.56. The summed E-state index contributed by atoms with van der Waals surface area (Å²) in [6.45, 7) is 0. The van der Waals surface area contributed by atoms with E-state index >= 15 is 0 Å². The predicted octanol–water partition coefficient (Wildman–Crippen LogP) is 0.120. The standard InChI is InChI=1S/C6H7F3N2O2/c1-11-3-2-10-4(11)5(12,13)6(7,8)9/h2-3,12-13H,1H3. The highest BCUT2D eigenvalue weighted by Crippen LogP contribution is 2.35. The lowest BCUT2D eigenvalue weighted by molar-refractivity contribution is -0.362. The molecule has 2 N–H and O–H groups in total. The van der Waals surface area contributed by atoms with Crippen LogP contribution in [0.15, 0.2) is 12.4 Å². The van der Waals surface area contributed by atoms with Crippen molar-refractivity contribution in [2.24, 2.45) is 7.05 Å². The first-order valence-electron chi connectivity index (χ1n) is 3.26. The Morgan fingerprint density at radius 2 is 1.92 bits per heavy atom. The summed E-state index contributed by atoms with van der Waals surface area (Å²) in [5.41, 5.74) is 0. The molecule has 0 amide bonds. The molecule has 0 aliphatic rings. The Bertz CT molecular complexity index is 305. The fourth-order valence-electron chi connectivity index (χ4n) is 0.828. The Labute approximate surface area is 71.3 Å². The van der Waals surface area contributed by atoms with Gasteiger partial charge in [-0.05, 0) is 0 Å². The van der Waals surface area contributed by atoms with Crippen LogP contribution in [0.1, 0.15) is 5.82 Å². The van der Waals surface area contributed by atoms with Gasteiger partial charge >= 0.3 is 12.0 Å². The lowest BCUT2D eigenvalue weighted by Crippen LogP contribution is -2.44. The van der Waals surface area contributed by atoms with Crippen molar-refractivity contribution in [3.05, 3.63) is 18.2 Å². The van der Waals surface area contributed by atoms with E-state index in [1.54, 1.807) is 0 Å². The molecule has 0 bridgehead atoms. The van der Waals surface area contributed by atoms with Gasteiger partial charge in [0.05, 0.1) is 0 Å². The third-order valence-corrected chi connectivity index (χ3v) is 1.53. The number of alkyl halides is 3. The maximum Gasteiger partial charge on any atom is 0.451 e. The molecule has 0 aliphatic carbocycles. The molecule has 1 heterocycles. The van der Waals surface area contributed by atoms with Crippen molar-refractivity contribution in [2.75, 3.05) is 0 Å². The lowest BCUT2D eigenvalue weighted by atomic mass is 10.2. The van der Waals surface area contributed by atoms with E-state index in [-0.39, 0.29) is 0 Å². The van der Waals surface area contributed by atoms with Crippen molar-refractivity contribution in [1.29, 1.82) is 0 Å². The molecular formula is C6H7F3N2O2. The Morgan fingerprint density at radius 3 is 2.23 bits per heavy atom. The third kappa shape index (κ3) is 1.52. The van der Waals surface area contributed by atoms with E-state index < -0.39 is 17.8 Å². The first kappa shape index (κ1) is 10.0. The van der Waals surface area contributed by atoms with Crippen LogP contribution in [-0.2, 0) is 12.8 Å². The number of hydrogen-bond donors (Lipinski definition) is 2. The van der Waals surface area contributed by atoms with E-state index in [1.807, 2.05) is 0 Å². The van der Waals surface area contributed by atoms with Gasteiger partial charge < -0.3 is 14.8 Å². The fraction of sp³-hybridized carbons (Fsp3) is 0.500. The summed E-state index contributed by atoms with van der Waals surface area (Å²) in [6, 6.07) is 0. The van der Waals surface area contributed by atoms with E-state index in [9.17, 15) is 13.2 Å². The van der Waals surface area contributed by atoms with Gasteiger partial charge in [-0.15, -0.1) is 0 Å². The van der Waals surface area contributed by atoms with Crippen molar-refractivity contribution >= 4 is 0 Å². The Morgan fingerprint density at radius 1 is 1.38 bits per heavy atom. The van der Waals surface area contributed by atoms with Crippen LogP contribution in [0.3, 0.4) is 0 Å². The SMILES string of the molecule is Cn1ccnc1C(O)(O)C(F)(F)F. The van der Waals surface area contributed by atoms with Gasteiger partial charge in [0, 0.05) is 19.4 Å². The summed E-state index contributed by atoms with van der Waals surface area (Å²) in [6.07, 6.45) is -2.93. The van der Waals surface area contributed by atoms with Crippen LogP contribution in [0.2, 0.25) is 0 Å². The van der Waals surface area contributed by atoms with E-state index in [2.05, 4.69) is 4.98 Å². The fourth-order valence-corrected chi connectivity index (χ4v) is 0.828. The summed E-state index contributed by atoms with van der Waals surface area (Å²) in [7, 11) is 1.23. The third-order valence-electron chi connectivity index (χ3n) is 1.53. The molecule has 7 heteroatoms. The maximum absolute atomic E-state index is 12.0. The zero-order valence-electron chi connectivity index (χ0n) is 6.58. The second kappa shape index (κ2) is 2.71. The Kier molecular flexibility index (Phi) is 2.08. The number of aryl methyl sites for hydroxylation is 1. The second-order valence-electron chi connectivity index (χ2n) is 2.53. The lowest BCUT2D eigenvalue weighted by Gasteiger charge is -2.23. The molecule has 0 spiro atoms. The van der Waals surface area contributed by atoms with Gasteiger partial charge in [0.15, 0.2) is 5.82 Å². The topological polar surface area (TPSA) is 58.3 Å². The number of nitrogens with zero attached hydrogens (tertiary/aromatic N) is 2. The number of rotatable bonds is 1. The quantitative estimate of drug-likeness (QED) is 0.627. The number of imidazole rings is 1. The van der Waals surface area contributed by atoms with Crippen molar-refractivity contribution in [3.63, 3.8) is 0 Å². The minimum Gasteiger partial charge on any atom is -0.353 e. The van der Waals surface area contributed by atoms with E-state index in [0.29, 0.717) is 0 Å². The van der Waals surface area contributed by atoms with Gasteiger partial charge in [0.1, 0.15) is 0 Å². The molecule has 0 unspecified atom stereocenters. The Hall–Kier alpha value is -1.08. The highest BCUT2D eigenvalue weighted by molar-refractivity contribution is 5.02. The molecule has 0 saturated carbocycles. The zero-order valence-corrected chi connectivity index (χ0v) is 6.58. The predicted molar refractivity (Wildman–Crippen MR) is 35.4 cm³/mol. The van der Waals surface area contributed by atoms with Crippen molar-refractivity contribution in [1.82, 2.24) is 9.55 Å². The molecule has 0 aliphatic heterocycles. The van der Waals surface area contributed by atoms with Gasteiger partial charge in [-0.3, -0.25) is 0 Å². The number of halogens is 3. The minimum atomic E-state index is -5.16. The number of hydrogen-bond acceptors (Lipinski definition) is 3. The van der Waals surface area contributed by atoms with Gasteiger partial charge in [0.2, 0.25) is 0 Å². The maximum atomic E-state index is 12.0. The van der Waals surface area contributed by atoms with Crippen molar-refractivity contribution < 1.29 is 23.4 Å². The Balaban J connectivity index is 3.15. The van der Waals surface area contributed by atoms with Gasteiger partial charge in [-0.25, -0.2) is 4.98 Å². The van der Waals surface area contributed by atoms with Crippen LogP contribution in [0.4, 0.5) is 13.2 Å². The van der Waals surface area contributed by atoms with Crippen LogP contribution in [0.5, 0.6) is 0 Å². The second-order valence-corrected chi connectivity index (χ2v) is 2.53.